The summed E-state index contributed by atoms with van der Waals surface area (Å²) in [5.41, 5.74) is 2.94. The standard InChI is InChI=1S/C9H7.3C2H6O.Hf/c1-2-5-9-7-3-6-8(9)4-1;3*1-2-3;/h1-7H;3*3H,2H2,1H3;. The Labute approximate surface area is 131 Å². The Morgan fingerprint density at radius 3 is 1.79 bits per heavy atom. The molecule has 19 heavy (non-hydrogen) atoms. The van der Waals surface area contributed by atoms with Crippen molar-refractivity contribution in [2.75, 3.05) is 19.8 Å². The number of fused-ring (bicyclic) bond motifs is 1. The summed E-state index contributed by atoms with van der Waals surface area (Å²) in [6.45, 7) is 5.79. The molecule has 0 heterocycles. The molecule has 0 fully saturated rings. The summed E-state index contributed by atoms with van der Waals surface area (Å²) >= 11 is 1.24. The first-order chi connectivity index (χ1) is 9.12. The Morgan fingerprint density at radius 1 is 0.947 bits per heavy atom. The van der Waals surface area contributed by atoms with Crippen molar-refractivity contribution in [2.45, 2.75) is 24.4 Å². The fraction of sp³-hybridized carbons (Fsp3) is 0.467. The number of aliphatic hydroxyl groups is 3. The summed E-state index contributed by atoms with van der Waals surface area (Å²) in [5.74, 6) is 0. The van der Waals surface area contributed by atoms with Crippen molar-refractivity contribution in [1.82, 2.24) is 0 Å². The number of aliphatic hydroxyl groups excluding tert-OH is 3. The number of rotatable bonds is 0. The van der Waals surface area contributed by atoms with Gasteiger partial charge in [-0.3, -0.25) is 0 Å². The Hall–Kier alpha value is -0.290. The molecule has 107 valence electrons. The molecule has 0 aliphatic heterocycles. The Bertz CT molecular complexity index is 322. The molecule has 0 saturated heterocycles. The van der Waals surface area contributed by atoms with Gasteiger partial charge in [-0.25, -0.2) is 0 Å². The summed E-state index contributed by atoms with van der Waals surface area (Å²) in [6.07, 6.45) is 4.53. The molecule has 1 aliphatic carbocycles. The maximum atomic E-state index is 7.57. The molecule has 0 radical (unpaired) electrons. The van der Waals surface area contributed by atoms with Crippen LogP contribution in [-0.4, -0.2) is 35.1 Å². The second-order valence-electron chi connectivity index (χ2n) is 3.41. The summed E-state index contributed by atoms with van der Waals surface area (Å²) in [5, 5.41) is 22.7. The van der Waals surface area contributed by atoms with Gasteiger partial charge in [-0.2, -0.15) is 0 Å². The van der Waals surface area contributed by atoms with Crippen LogP contribution in [0.4, 0.5) is 0 Å². The Morgan fingerprint density at radius 2 is 1.37 bits per heavy atom. The molecule has 1 atom stereocenters. The monoisotopic (exact) mass is 433 g/mol. The van der Waals surface area contributed by atoms with E-state index >= 15 is 0 Å². The van der Waals surface area contributed by atoms with Crippen LogP contribution in [0.15, 0.2) is 30.3 Å². The third kappa shape index (κ3) is 11.3. The van der Waals surface area contributed by atoms with Gasteiger partial charge < -0.3 is 15.3 Å². The summed E-state index contributed by atoms with van der Waals surface area (Å²) in [4.78, 5) is 0. The molecule has 1 aliphatic rings. The van der Waals surface area contributed by atoms with Crippen LogP contribution in [0, 0.1) is 0 Å². The van der Waals surface area contributed by atoms with Crippen molar-refractivity contribution in [2.24, 2.45) is 0 Å². The molecule has 1 aromatic carbocycles. The number of hydrogen-bond donors (Lipinski definition) is 3. The minimum absolute atomic E-state index is 0.250. The molecule has 4 heteroatoms. The van der Waals surface area contributed by atoms with Crippen LogP contribution in [0.25, 0.3) is 6.08 Å². The van der Waals surface area contributed by atoms with Gasteiger partial charge in [0, 0.05) is 19.8 Å². The van der Waals surface area contributed by atoms with Gasteiger partial charge in [-0.1, -0.05) is 0 Å². The molecule has 1 unspecified atom stereocenters. The molecule has 3 nitrogen and oxygen atoms in total. The topological polar surface area (TPSA) is 60.7 Å². The number of benzene rings is 1. The van der Waals surface area contributed by atoms with Crippen molar-refractivity contribution in [1.29, 1.82) is 0 Å². The zero-order chi connectivity index (χ0) is 15.1. The van der Waals surface area contributed by atoms with Crippen LogP contribution in [0.2, 0.25) is 0 Å². The third-order valence-corrected chi connectivity index (χ3v) is 3.61. The van der Waals surface area contributed by atoms with E-state index < -0.39 is 0 Å². The van der Waals surface area contributed by atoms with Crippen LogP contribution in [-0.2, 0) is 24.4 Å². The van der Waals surface area contributed by atoms with Crippen molar-refractivity contribution in [3.63, 3.8) is 0 Å². The minimum atomic E-state index is 0.250. The molecule has 0 bridgehead atoms. The molecular formula is C15H25HfO3. The van der Waals surface area contributed by atoms with Crippen molar-refractivity contribution >= 4 is 6.08 Å². The van der Waals surface area contributed by atoms with E-state index in [9.17, 15) is 0 Å². The van der Waals surface area contributed by atoms with E-state index in [0.29, 0.717) is 0 Å². The van der Waals surface area contributed by atoms with Gasteiger partial charge in [-0.05, 0) is 20.8 Å². The second kappa shape index (κ2) is 15.8. The Balaban J connectivity index is 0. The molecular weight excluding hydrogens is 407 g/mol. The van der Waals surface area contributed by atoms with Crippen molar-refractivity contribution in [3.8, 4) is 0 Å². The average Bonchev–Trinajstić information content (AvgIpc) is 2.75. The van der Waals surface area contributed by atoms with Crippen LogP contribution < -0.4 is 0 Å². The van der Waals surface area contributed by atoms with E-state index in [1.807, 2.05) is 0 Å². The van der Waals surface area contributed by atoms with Gasteiger partial charge in [0.1, 0.15) is 0 Å². The van der Waals surface area contributed by atoms with Gasteiger partial charge in [0.15, 0.2) is 0 Å². The number of allylic oxidation sites excluding steroid dienone is 1. The van der Waals surface area contributed by atoms with E-state index in [1.165, 1.54) is 35.5 Å². The predicted octanol–water partition coefficient (Wildman–Crippen LogP) is 2.30. The van der Waals surface area contributed by atoms with Crippen LogP contribution in [0.1, 0.15) is 35.6 Å². The van der Waals surface area contributed by atoms with Crippen LogP contribution in [0.3, 0.4) is 0 Å². The predicted molar refractivity (Wildman–Crippen MR) is 76.5 cm³/mol. The van der Waals surface area contributed by atoms with Crippen molar-refractivity contribution in [3.05, 3.63) is 41.5 Å². The quantitative estimate of drug-likeness (QED) is 0.552. The Kier molecular flexibility index (Phi) is 17.4. The van der Waals surface area contributed by atoms with Gasteiger partial charge in [0.25, 0.3) is 0 Å². The average molecular weight is 432 g/mol. The fourth-order valence-electron chi connectivity index (χ4n) is 1.25. The van der Waals surface area contributed by atoms with E-state index in [4.69, 9.17) is 15.3 Å². The SMILES string of the molecule is CCO.CCO.CCO.[Hf][CH]1C=Cc2ccccc21. The molecule has 3 N–H and O–H groups in total. The summed E-state index contributed by atoms with van der Waals surface area (Å²) < 4.78 is 0.760. The van der Waals surface area contributed by atoms with Gasteiger partial charge in [-0.15, -0.1) is 0 Å². The zero-order valence-corrected chi connectivity index (χ0v) is 15.6. The number of hydrogen-bond acceptors (Lipinski definition) is 3. The van der Waals surface area contributed by atoms with Crippen LogP contribution >= 0.6 is 0 Å². The molecule has 0 aromatic heterocycles. The summed E-state index contributed by atoms with van der Waals surface area (Å²) in [6, 6.07) is 8.64. The third-order valence-electron chi connectivity index (χ3n) is 1.80. The first kappa shape index (κ1) is 21.0. The zero-order valence-electron chi connectivity index (χ0n) is 12.0. The van der Waals surface area contributed by atoms with Crippen molar-refractivity contribution < 1.29 is 39.7 Å². The fourth-order valence-corrected chi connectivity index (χ4v) is 2.54. The second-order valence-corrected chi connectivity index (χ2v) is 5.65. The molecule has 1 aromatic rings. The molecule has 2 rings (SSSR count). The summed E-state index contributed by atoms with van der Waals surface area (Å²) in [7, 11) is 0. The van der Waals surface area contributed by atoms with E-state index in [0.717, 1.165) is 3.67 Å². The first-order valence-corrected chi connectivity index (χ1v) is 8.50. The maximum absolute atomic E-state index is 7.57. The van der Waals surface area contributed by atoms with E-state index in [2.05, 4.69) is 36.4 Å². The van der Waals surface area contributed by atoms with Gasteiger partial charge in [0.2, 0.25) is 0 Å². The van der Waals surface area contributed by atoms with Gasteiger partial charge in [0.05, 0.1) is 0 Å². The van der Waals surface area contributed by atoms with Crippen LogP contribution in [0.5, 0.6) is 0 Å². The van der Waals surface area contributed by atoms with Gasteiger partial charge >= 0.3 is 75.6 Å². The normalized spacial score (nSPS) is 13.8. The molecule has 0 amide bonds. The molecule has 0 spiro atoms. The van der Waals surface area contributed by atoms with E-state index in [-0.39, 0.29) is 19.8 Å². The first-order valence-electron chi connectivity index (χ1n) is 6.43. The molecule has 0 saturated carbocycles. The van der Waals surface area contributed by atoms with E-state index in [1.54, 1.807) is 20.8 Å².